The first-order valence-corrected chi connectivity index (χ1v) is 8.54. The van der Waals surface area contributed by atoms with E-state index in [0.717, 1.165) is 16.9 Å². The van der Waals surface area contributed by atoms with Gasteiger partial charge in [-0.15, -0.1) is 0 Å². The third kappa shape index (κ3) is 3.99. The maximum Gasteiger partial charge on any atom is 0.364 e. The van der Waals surface area contributed by atoms with E-state index < -0.39 is 21.0 Å². The minimum absolute atomic E-state index is 0.0950. The number of aromatic nitrogens is 2. The predicted molar refractivity (Wildman–Crippen MR) is 79.3 cm³/mol. The van der Waals surface area contributed by atoms with Gasteiger partial charge in [-0.2, -0.15) is 0 Å². The minimum atomic E-state index is -3.65. The zero-order valence-corrected chi connectivity index (χ0v) is 13.7. The number of hydrogen-bond donors (Lipinski definition) is 0. The monoisotopic (exact) mass is 390 g/mol. The van der Waals surface area contributed by atoms with Crippen molar-refractivity contribution in [3.63, 3.8) is 0 Å². The van der Waals surface area contributed by atoms with Crippen LogP contribution in [0.25, 0.3) is 0 Å². The molecule has 2 aromatic rings. The van der Waals surface area contributed by atoms with Gasteiger partial charge in [0.1, 0.15) is 5.75 Å². The van der Waals surface area contributed by atoms with Gasteiger partial charge in [-0.1, -0.05) is 33.6 Å². The van der Waals surface area contributed by atoms with Gasteiger partial charge in [0.2, 0.25) is 15.0 Å². The molecule has 0 saturated heterocycles. The van der Waals surface area contributed by atoms with E-state index in [1.54, 1.807) is 24.3 Å². The summed E-state index contributed by atoms with van der Waals surface area (Å²) in [5.74, 6) is -0.602. The van der Waals surface area contributed by atoms with Gasteiger partial charge in [-0.25, -0.2) is 23.2 Å². The maximum absolute atomic E-state index is 12.0. The molecule has 0 spiro atoms. The third-order valence-corrected chi connectivity index (χ3v) is 3.88. The smallest absolute Gasteiger partial charge is 0.364 e. The number of ether oxygens (including phenoxy) is 1. The van der Waals surface area contributed by atoms with Gasteiger partial charge in [0.15, 0.2) is 5.69 Å². The summed E-state index contributed by atoms with van der Waals surface area (Å²) in [6.45, 7) is 0. The van der Waals surface area contributed by atoms with Gasteiger partial charge in [0.05, 0.1) is 11.2 Å². The van der Waals surface area contributed by atoms with E-state index in [-0.39, 0.29) is 16.5 Å². The fourth-order valence-corrected chi connectivity index (χ4v) is 2.41. The van der Waals surface area contributed by atoms with Crippen LogP contribution >= 0.6 is 27.5 Å². The number of carbonyl (C=O) groups excluding carboxylic acids is 1. The number of benzene rings is 1. The summed E-state index contributed by atoms with van der Waals surface area (Å²) in [6.07, 6.45) is 1.97. The molecule has 1 heterocycles. The van der Waals surface area contributed by atoms with Crippen molar-refractivity contribution < 1.29 is 17.9 Å². The van der Waals surface area contributed by atoms with Crippen molar-refractivity contribution in [2.24, 2.45) is 0 Å². The predicted octanol–water partition coefficient (Wildman–Crippen LogP) is 2.52. The first kappa shape index (κ1) is 15.9. The molecule has 0 saturated carbocycles. The molecule has 0 aliphatic heterocycles. The summed E-state index contributed by atoms with van der Waals surface area (Å²) >= 11 is 9.05. The lowest BCUT2D eigenvalue weighted by atomic mass is 10.3. The minimum Gasteiger partial charge on any atom is -0.422 e. The topological polar surface area (TPSA) is 86.2 Å². The summed E-state index contributed by atoms with van der Waals surface area (Å²) in [5, 5.41) is -0.588. The van der Waals surface area contributed by atoms with Gasteiger partial charge in [0, 0.05) is 10.7 Å². The van der Waals surface area contributed by atoms with E-state index in [0.29, 0.717) is 0 Å². The Bertz CT molecular complexity index is 811. The van der Waals surface area contributed by atoms with Crippen LogP contribution in [0.15, 0.2) is 40.1 Å². The first-order chi connectivity index (χ1) is 9.77. The summed E-state index contributed by atoms with van der Waals surface area (Å²) < 4.78 is 28.6. The van der Waals surface area contributed by atoms with Crippen LogP contribution in [0.5, 0.6) is 5.75 Å². The molecule has 0 radical (unpaired) electrons. The fraction of sp³-hybridized carbons (Fsp3) is 0.0833. The number of nitrogens with zero attached hydrogens (tertiary/aromatic N) is 2. The lowest BCUT2D eigenvalue weighted by Crippen LogP contribution is -2.15. The van der Waals surface area contributed by atoms with Crippen LogP contribution in [0, 0.1) is 0 Å². The van der Waals surface area contributed by atoms with Gasteiger partial charge in [-0.3, -0.25) is 0 Å². The van der Waals surface area contributed by atoms with Crippen molar-refractivity contribution in [3.8, 4) is 5.75 Å². The summed E-state index contributed by atoms with van der Waals surface area (Å²) in [4.78, 5) is 19.2. The van der Waals surface area contributed by atoms with Gasteiger partial charge in [0.25, 0.3) is 0 Å². The zero-order chi connectivity index (χ0) is 15.6. The molecular weight excluding hydrogens is 384 g/mol. The number of rotatable bonds is 3. The van der Waals surface area contributed by atoms with Crippen LogP contribution < -0.4 is 4.74 Å². The molecule has 0 aliphatic carbocycles. The van der Waals surface area contributed by atoms with Crippen molar-refractivity contribution in [2.75, 3.05) is 6.26 Å². The van der Waals surface area contributed by atoms with Crippen LogP contribution in [-0.4, -0.2) is 30.6 Å². The molecule has 21 heavy (non-hydrogen) atoms. The summed E-state index contributed by atoms with van der Waals surface area (Å²) in [5.41, 5.74) is -0.313. The second kappa shape index (κ2) is 6.08. The number of hydrogen-bond acceptors (Lipinski definition) is 6. The Hall–Kier alpha value is -1.51. The van der Waals surface area contributed by atoms with Crippen LogP contribution in [0.3, 0.4) is 0 Å². The second-order valence-corrected chi connectivity index (χ2v) is 7.20. The molecule has 0 amide bonds. The Labute approximate surface area is 134 Å². The van der Waals surface area contributed by atoms with Crippen molar-refractivity contribution >= 4 is 43.3 Å². The standard InChI is InChI=1S/C12H8BrClN2O4S/c1-21(18,19)12-15-6-9(14)10(16-12)11(17)20-8-4-2-3-7(13)5-8/h2-6H,1H3. The highest BCUT2D eigenvalue weighted by atomic mass is 79.9. The molecule has 0 unspecified atom stereocenters. The molecule has 9 heteroatoms. The average molecular weight is 392 g/mol. The van der Waals surface area contributed by atoms with Crippen molar-refractivity contribution in [1.29, 1.82) is 0 Å². The Kier molecular flexibility index (Phi) is 4.60. The summed E-state index contributed by atoms with van der Waals surface area (Å²) in [7, 11) is -3.65. The molecule has 0 N–H and O–H groups in total. The summed E-state index contributed by atoms with van der Waals surface area (Å²) in [6, 6.07) is 6.58. The van der Waals surface area contributed by atoms with Crippen molar-refractivity contribution in [3.05, 3.63) is 45.7 Å². The molecule has 0 fully saturated rings. The molecule has 1 aromatic carbocycles. The van der Waals surface area contributed by atoms with Gasteiger partial charge >= 0.3 is 5.97 Å². The highest BCUT2D eigenvalue weighted by Crippen LogP contribution is 2.21. The Morgan fingerprint density at radius 1 is 1.38 bits per heavy atom. The highest BCUT2D eigenvalue weighted by molar-refractivity contribution is 9.10. The largest absolute Gasteiger partial charge is 0.422 e. The van der Waals surface area contributed by atoms with Crippen LogP contribution in [0.4, 0.5) is 0 Å². The molecule has 2 rings (SSSR count). The molecular formula is C12H8BrClN2O4S. The van der Waals surface area contributed by atoms with Gasteiger partial charge < -0.3 is 4.74 Å². The molecule has 0 atom stereocenters. The second-order valence-electron chi connectivity index (χ2n) is 3.97. The van der Waals surface area contributed by atoms with Crippen molar-refractivity contribution in [1.82, 2.24) is 9.97 Å². The van der Waals surface area contributed by atoms with E-state index >= 15 is 0 Å². The third-order valence-electron chi connectivity index (χ3n) is 2.25. The number of halogens is 2. The lowest BCUT2D eigenvalue weighted by Gasteiger charge is -2.06. The fourth-order valence-electron chi connectivity index (χ4n) is 1.36. The molecule has 0 bridgehead atoms. The van der Waals surface area contributed by atoms with E-state index in [9.17, 15) is 13.2 Å². The first-order valence-electron chi connectivity index (χ1n) is 5.48. The molecule has 1 aromatic heterocycles. The maximum atomic E-state index is 12.0. The van der Waals surface area contributed by atoms with Crippen LogP contribution in [0.1, 0.15) is 10.5 Å². The molecule has 0 aliphatic rings. The van der Waals surface area contributed by atoms with Crippen LogP contribution in [-0.2, 0) is 9.84 Å². The number of sulfone groups is 1. The van der Waals surface area contributed by atoms with Crippen molar-refractivity contribution in [2.45, 2.75) is 5.16 Å². The highest BCUT2D eigenvalue weighted by Gasteiger charge is 2.20. The van der Waals surface area contributed by atoms with Crippen LogP contribution in [0.2, 0.25) is 5.02 Å². The normalized spacial score (nSPS) is 11.2. The SMILES string of the molecule is CS(=O)(=O)c1ncc(Cl)c(C(=O)Oc2cccc(Br)c2)n1. The average Bonchev–Trinajstić information content (AvgIpc) is 2.37. The van der Waals surface area contributed by atoms with Gasteiger partial charge in [-0.05, 0) is 18.2 Å². The lowest BCUT2D eigenvalue weighted by molar-refractivity contribution is 0.0727. The van der Waals surface area contributed by atoms with E-state index in [2.05, 4.69) is 25.9 Å². The Morgan fingerprint density at radius 2 is 2.10 bits per heavy atom. The molecule has 6 nitrogen and oxygen atoms in total. The molecule has 110 valence electrons. The van der Waals surface area contributed by atoms with E-state index in [4.69, 9.17) is 16.3 Å². The Morgan fingerprint density at radius 3 is 2.71 bits per heavy atom. The quantitative estimate of drug-likeness (QED) is 0.454. The number of esters is 1. The Balaban J connectivity index is 2.35. The van der Waals surface area contributed by atoms with E-state index in [1.807, 2.05) is 0 Å². The number of carbonyl (C=O) groups is 1. The zero-order valence-electron chi connectivity index (χ0n) is 10.6. The van der Waals surface area contributed by atoms with E-state index in [1.165, 1.54) is 0 Å².